The molecule has 0 aliphatic rings. The van der Waals surface area contributed by atoms with Gasteiger partial charge in [0.1, 0.15) is 0 Å². The predicted molar refractivity (Wildman–Crippen MR) is 185 cm³/mol. The summed E-state index contributed by atoms with van der Waals surface area (Å²) in [4.78, 5) is 4.78. The zero-order valence-electron chi connectivity index (χ0n) is 25.8. The van der Waals surface area contributed by atoms with Crippen LogP contribution in [0.25, 0.3) is 10.8 Å². The van der Waals surface area contributed by atoms with Crippen molar-refractivity contribution in [1.82, 2.24) is 0 Å². The lowest BCUT2D eigenvalue weighted by molar-refractivity contribution is 0.533. The predicted octanol–water partition coefficient (Wildman–Crippen LogP) is 11.7. The van der Waals surface area contributed by atoms with E-state index < -0.39 is 0 Å². The molecule has 0 N–H and O–H groups in total. The van der Waals surface area contributed by atoms with Crippen LogP contribution in [0.3, 0.4) is 0 Å². The molecule has 0 aliphatic heterocycles. The fourth-order valence-corrected chi connectivity index (χ4v) is 5.97. The van der Waals surface area contributed by atoms with Crippen LogP contribution in [0, 0.1) is 0 Å². The second kappa shape index (κ2) is 11.5. The lowest BCUT2D eigenvalue weighted by atomic mass is 9.84. The van der Waals surface area contributed by atoms with Crippen LogP contribution in [-0.4, -0.2) is 0 Å². The van der Waals surface area contributed by atoms with E-state index in [1.54, 1.807) is 0 Å². The van der Waals surface area contributed by atoms with E-state index in [1.807, 2.05) is 0 Å². The Balaban J connectivity index is 1.42. The molecule has 0 spiro atoms. The monoisotopic (exact) mass is 560 g/mol. The molecule has 6 aromatic rings. The van der Waals surface area contributed by atoms with Crippen LogP contribution in [0.1, 0.15) is 45.7 Å². The van der Waals surface area contributed by atoms with Crippen molar-refractivity contribution < 1.29 is 0 Å². The third-order valence-corrected chi connectivity index (χ3v) is 8.40. The third-order valence-electron chi connectivity index (χ3n) is 8.40. The van der Waals surface area contributed by atoms with E-state index in [2.05, 4.69) is 196 Å². The zero-order chi connectivity index (χ0) is 30.0. The van der Waals surface area contributed by atoms with Crippen LogP contribution in [-0.2, 0) is 11.0 Å². The molecule has 214 valence electrons. The summed E-state index contributed by atoms with van der Waals surface area (Å²) in [6, 6.07) is 54.7. The standard InChI is InChI=1S/C41H40N2/c1-40(2,3)33-21-23-34(24-22-33)41(4,5)43(37-18-10-7-11-19-37)38-28-26-36(27-29-38)42(35-16-8-6-9-17-35)39-25-20-31-14-12-13-15-32(31)30-39/h6-30H,1-5H3. The Bertz CT molecular complexity index is 1800. The highest BCUT2D eigenvalue weighted by atomic mass is 15.2. The smallest absolute Gasteiger partial charge is 0.0646 e. The molecule has 0 saturated heterocycles. The van der Waals surface area contributed by atoms with Gasteiger partial charge in [0.2, 0.25) is 0 Å². The van der Waals surface area contributed by atoms with Crippen molar-refractivity contribution in [2.75, 3.05) is 9.80 Å². The van der Waals surface area contributed by atoms with Crippen molar-refractivity contribution in [1.29, 1.82) is 0 Å². The van der Waals surface area contributed by atoms with E-state index in [-0.39, 0.29) is 11.0 Å². The maximum absolute atomic E-state index is 2.45. The fourth-order valence-electron chi connectivity index (χ4n) is 5.97. The molecule has 0 unspecified atom stereocenters. The Hall–Kier alpha value is -4.82. The number of rotatable bonds is 7. The summed E-state index contributed by atoms with van der Waals surface area (Å²) in [7, 11) is 0. The minimum atomic E-state index is -0.295. The average molecular weight is 561 g/mol. The zero-order valence-corrected chi connectivity index (χ0v) is 25.8. The van der Waals surface area contributed by atoms with Gasteiger partial charge < -0.3 is 9.80 Å². The maximum atomic E-state index is 2.45. The Labute approximate surface area is 256 Å². The number of hydrogen-bond donors (Lipinski definition) is 0. The van der Waals surface area contributed by atoms with Crippen molar-refractivity contribution in [3.8, 4) is 0 Å². The van der Waals surface area contributed by atoms with Gasteiger partial charge in [-0.1, -0.05) is 112 Å². The first-order chi connectivity index (χ1) is 20.7. The largest absolute Gasteiger partial charge is 0.332 e. The topological polar surface area (TPSA) is 6.48 Å². The molecule has 6 aromatic carbocycles. The SMILES string of the molecule is CC(C)(C)c1ccc(C(C)(C)N(c2ccccc2)c2ccc(N(c3ccccc3)c3ccc4ccccc4c3)cc2)cc1. The molecular weight excluding hydrogens is 520 g/mol. The average Bonchev–Trinajstić information content (AvgIpc) is 3.03. The quantitative estimate of drug-likeness (QED) is 0.192. The molecule has 43 heavy (non-hydrogen) atoms. The van der Waals surface area contributed by atoms with Gasteiger partial charge in [0.15, 0.2) is 0 Å². The summed E-state index contributed by atoms with van der Waals surface area (Å²) >= 11 is 0. The van der Waals surface area contributed by atoms with Gasteiger partial charge in [-0.3, -0.25) is 0 Å². The summed E-state index contributed by atoms with van der Waals surface area (Å²) in [5.74, 6) is 0. The minimum absolute atomic E-state index is 0.118. The van der Waals surface area contributed by atoms with Crippen molar-refractivity contribution in [3.05, 3.63) is 163 Å². The van der Waals surface area contributed by atoms with Gasteiger partial charge in [-0.25, -0.2) is 0 Å². The number of hydrogen-bond acceptors (Lipinski definition) is 2. The van der Waals surface area contributed by atoms with Crippen LogP contribution in [0.15, 0.2) is 152 Å². The number of nitrogens with zero attached hydrogens (tertiary/aromatic N) is 2. The van der Waals surface area contributed by atoms with E-state index in [4.69, 9.17) is 0 Å². The summed E-state index contributed by atoms with van der Waals surface area (Å²) in [5.41, 5.74) is 8.13. The number of benzene rings is 6. The molecule has 0 fully saturated rings. The van der Waals surface area contributed by atoms with Gasteiger partial charge in [-0.05, 0) is 102 Å². The molecule has 2 heteroatoms. The summed E-state index contributed by atoms with van der Waals surface area (Å²) < 4.78 is 0. The van der Waals surface area contributed by atoms with Gasteiger partial charge in [0.05, 0.1) is 5.54 Å². The molecule has 2 nitrogen and oxygen atoms in total. The minimum Gasteiger partial charge on any atom is -0.332 e. The Kier molecular flexibility index (Phi) is 7.54. The Morgan fingerprint density at radius 3 is 1.42 bits per heavy atom. The Morgan fingerprint density at radius 1 is 0.372 bits per heavy atom. The van der Waals surface area contributed by atoms with Gasteiger partial charge >= 0.3 is 0 Å². The second-order valence-corrected chi connectivity index (χ2v) is 12.8. The van der Waals surface area contributed by atoms with E-state index in [0.717, 1.165) is 28.4 Å². The molecular formula is C41H40N2. The highest BCUT2D eigenvalue weighted by Crippen LogP contribution is 2.42. The van der Waals surface area contributed by atoms with Crippen LogP contribution < -0.4 is 9.80 Å². The number of anilines is 5. The third kappa shape index (κ3) is 5.79. The highest BCUT2D eigenvalue weighted by molar-refractivity contribution is 5.89. The molecule has 0 radical (unpaired) electrons. The Morgan fingerprint density at radius 2 is 0.814 bits per heavy atom. The van der Waals surface area contributed by atoms with E-state index in [0.29, 0.717) is 0 Å². The van der Waals surface area contributed by atoms with Crippen molar-refractivity contribution in [3.63, 3.8) is 0 Å². The summed E-state index contributed by atoms with van der Waals surface area (Å²) in [6.07, 6.45) is 0. The van der Waals surface area contributed by atoms with Gasteiger partial charge in [-0.15, -0.1) is 0 Å². The van der Waals surface area contributed by atoms with E-state index >= 15 is 0 Å². The molecule has 0 aliphatic carbocycles. The molecule has 6 rings (SSSR count). The van der Waals surface area contributed by atoms with Crippen molar-refractivity contribution in [2.45, 2.75) is 45.6 Å². The lowest BCUT2D eigenvalue weighted by Crippen LogP contribution is -2.38. The maximum Gasteiger partial charge on any atom is 0.0646 e. The first kappa shape index (κ1) is 28.3. The van der Waals surface area contributed by atoms with Crippen LogP contribution in [0.4, 0.5) is 28.4 Å². The van der Waals surface area contributed by atoms with Gasteiger partial charge in [0, 0.05) is 28.4 Å². The number of para-hydroxylation sites is 2. The molecule has 0 bridgehead atoms. The highest BCUT2D eigenvalue weighted by Gasteiger charge is 2.31. The fraction of sp³-hybridized carbons (Fsp3) is 0.171. The van der Waals surface area contributed by atoms with Crippen LogP contribution in [0.5, 0.6) is 0 Å². The lowest BCUT2D eigenvalue weighted by Gasteiger charge is -2.41. The first-order valence-corrected chi connectivity index (χ1v) is 15.1. The first-order valence-electron chi connectivity index (χ1n) is 15.1. The molecule has 0 amide bonds. The molecule has 0 saturated carbocycles. The van der Waals surface area contributed by atoms with Crippen LogP contribution in [0.2, 0.25) is 0 Å². The van der Waals surface area contributed by atoms with E-state index in [1.165, 1.54) is 21.9 Å². The number of fused-ring (bicyclic) bond motifs is 1. The van der Waals surface area contributed by atoms with Crippen molar-refractivity contribution in [2.24, 2.45) is 0 Å². The van der Waals surface area contributed by atoms with Crippen molar-refractivity contribution >= 4 is 39.2 Å². The second-order valence-electron chi connectivity index (χ2n) is 12.8. The van der Waals surface area contributed by atoms with Gasteiger partial charge in [-0.2, -0.15) is 0 Å². The summed E-state index contributed by atoms with van der Waals surface area (Å²) in [6.45, 7) is 11.4. The molecule has 0 atom stereocenters. The van der Waals surface area contributed by atoms with Crippen LogP contribution >= 0.6 is 0 Å². The normalized spacial score (nSPS) is 11.8. The molecule has 0 heterocycles. The van der Waals surface area contributed by atoms with Gasteiger partial charge in [0.25, 0.3) is 0 Å². The molecule has 0 aromatic heterocycles. The van der Waals surface area contributed by atoms with E-state index in [9.17, 15) is 0 Å². The summed E-state index contributed by atoms with van der Waals surface area (Å²) in [5, 5.41) is 2.47.